The second kappa shape index (κ2) is 7.40. The Morgan fingerprint density at radius 3 is 2.78 bits per heavy atom. The molecule has 0 bridgehead atoms. The minimum absolute atomic E-state index is 0.0833. The first kappa shape index (κ1) is 17.9. The van der Waals surface area contributed by atoms with Gasteiger partial charge in [0, 0.05) is 11.8 Å². The summed E-state index contributed by atoms with van der Waals surface area (Å²) in [6, 6.07) is 0. The number of aromatic nitrogens is 2. The lowest BCUT2D eigenvalue weighted by Gasteiger charge is -2.24. The molecule has 1 aromatic heterocycles. The predicted molar refractivity (Wildman–Crippen MR) is 88.8 cm³/mol. The fourth-order valence-corrected chi connectivity index (χ4v) is 3.02. The molecule has 0 aliphatic carbocycles. The number of carbonyl (C=O) groups is 1. The number of esters is 1. The maximum Gasteiger partial charge on any atom is 0.310 e. The quantitative estimate of drug-likeness (QED) is 0.659. The van der Waals surface area contributed by atoms with E-state index in [2.05, 4.69) is 30.5 Å². The first-order valence-electron chi connectivity index (χ1n) is 7.90. The lowest BCUT2D eigenvalue weighted by Crippen LogP contribution is -2.25. The van der Waals surface area contributed by atoms with Crippen LogP contribution in [0.2, 0.25) is 0 Å². The van der Waals surface area contributed by atoms with Crippen LogP contribution in [0.4, 0.5) is 0 Å². The first-order valence-corrected chi connectivity index (χ1v) is 8.31. The number of H-pyrrole nitrogens is 1. The van der Waals surface area contributed by atoms with Crippen molar-refractivity contribution in [2.75, 3.05) is 7.11 Å². The average Bonchev–Trinajstić information content (AvgIpc) is 2.98. The topological polar surface area (TPSA) is 73.3 Å². The zero-order chi connectivity index (χ0) is 17.1. The van der Waals surface area contributed by atoms with Crippen molar-refractivity contribution in [2.45, 2.75) is 52.4 Å². The highest BCUT2D eigenvalue weighted by Crippen LogP contribution is 2.34. The summed E-state index contributed by atoms with van der Waals surface area (Å²) in [6.45, 7) is 6.55. The summed E-state index contributed by atoms with van der Waals surface area (Å²) < 4.78 is 12.8. The molecule has 1 saturated heterocycles. The minimum Gasteiger partial charge on any atom is -0.469 e. The molecular formula is C16H24N2O4S. The summed E-state index contributed by atoms with van der Waals surface area (Å²) in [5, 5.41) is 0. The van der Waals surface area contributed by atoms with Crippen LogP contribution in [-0.2, 0) is 20.7 Å². The van der Waals surface area contributed by atoms with Gasteiger partial charge < -0.3 is 9.47 Å². The van der Waals surface area contributed by atoms with Crippen LogP contribution in [0.25, 0.3) is 0 Å². The van der Waals surface area contributed by atoms with Gasteiger partial charge in [-0.1, -0.05) is 20.8 Å². The molecule has 1 aromatic rings. The second-order valence-corrected chi connectivity index (χ2v) is 6.77. The first-order chi connectivity index (χ1) is 10.8. The van der Waals surface area contributed by atoms with Gasteiger partial charge in [-0.3, -0.25) is 19.1 Å². The summed E-state index contributed by atoms with van der Waals surface area (Å²) in [7, 11) is 1.30. The van der Waals surface area contributed by atoms with Crippen molar-refractivity contribution >= 4 is 18.2 Å². The molecule has 1 fully saturated rings. The van der Waals surface area contributed by atoms with Crippen LogP contribution in [-0.4, -0.2) is 28.7 Å². The number of ether oxygens (including phenoxy) is 2. The largest absolute Gasteiger partial charge is 0.469 e. The molecule has 2 unspecified atom stereocenters. The van der Waals surface area contributed by atoms with Gasteiger partial charge in [0.25, 0.3) is 5.56 Å². The molecule has 0 spiro atoms. The molecule has 0 amide bonds. The van der Waals surface area contributed by atoms with Gasteiger partial charge in [0.1, 0.15) is 6.23 Å². The fourth-order valence-electron chi connectivity index (χ4n) is 2.76. The Kier molecular flexibility index (Phi) is 5.75. The Balaban J connectivity index is 2.23. The second-order valence-electron chi connectivity index (χ2n) is 6.38. The van der Waals surface area contributed by atoms with Crippen molar-refractivity contribution in [3.8, 4) is 0 Å². The molecule has 128 valence electrons. The van der Waals surface area contributed by atoms with Crippen molar-refractivity contribution in [3.05, 3.63) is 26.9 Å². The van der Waals surface area contributed by atoms with Gasteiger partial charge in [0.05, 0.1) is 19.6 Å². The van der Waals surface area contributed by atoms with E-state index in [9.17, 15) is 9.59 Å². The van der Waals surface area contributed by atoms with Crippen LogP contribution in [0.3, 0.4) is 0 Å². The van der Waals surface area contributed by atoms with Gasteiger partial charge in [-0.2, -0.15) is 0 Å². The number of hydrogen-bond donors (Lipinski definition) is 1. The smallest absolute Gasteiger partial charge is 0.310 e. The normalized spacial score (nSPS) is 22.3. The maximum atomic E-state index is 11.9. The van der Waals surface area contributed by atoms with E-state index in [4.69, 9.17) is 17.0 Å². The summed E-state index contributed by atoms with van der Waals surface area (Å²) in [5.41, 5.74) is -0.0313. The fraction of sp³-hybridized carbons (Fsp3) is 0.688. The van der Waals surface area contributed by atoms with Crippen LogP contribution in [0, 0.1) is 16.6 Å². The molecule has 1 N–H and O–H groups in total. The number of rotatable bonds is 5. The van der Waals surface area contributed by atoms with Gasteiger partial charge >= 0.3 is 5.97 Å². The highest BCUT2D eigenvalue weighted by atomic mass is 32.1. The predicted octanol–water partition coefficient (Wildman–Crippen LogP) is 2.59. The van der Waals surface area contributed by atoms with Gasteiger partial charge in [-0.05, 0) is 36.9 Å². The number of carbonyl (C=O) groups excluding carboxylic acids is 1. The van der Waals surface area contributed by atoms with Gasteiger partial charge in [-0.25, -0.2) is 0 Å². The molecule has 6 nitrogen and oxygen atoms in total. The molecule has 1 aliphatic rings. The third-order valence-electron chi connectivity index (χ3n) is 4.58. The van der Waals surface area contributed by atoms with Crippen molar-refractivity contribution in [3.63, 3.8) is 0 Å². The zero-order valence-corrected chi connectivity index (χ0v) is 14.8. The Morgan fingerprint density at radius 1 is 1.48 bits per heavy atom. The molecular weight excluding hydrogens is 316 g/mol. The summed E-state index contributed by atoms with van der Waals surface area (Å²) in [6.07, 6.45) is 3.29. The van der Waals surface area contributed by atoms with E-state index in [0.717, 1.165) is 12.8 Å². The summed E-state index contributed by atoms with van der Waals surface area (Å²) in [5.74, 6) is 0.529. The van der Waals surface area contributed by atoms with E-state index >= 15 is 0 Å². The van der Waals surface area contributed by atoms with Crippen molar-refractivity contribution in [2.24, 2.45) is 11.8 Å². The third kappa shape index (κ3) is 4.09. The number of aromatic amines is 1. The number of nitrogens with one attached hydrogen (secondary N) is 1. The molecule has 0 radical (unpaired) electrons. The Labute approximate surface area is 140 Å². The number of nitrogens with zero attached hydrogens (tertiary/aromatic N) is 1. The average molecular weight is 340 g/mol. The van der Waals surface area contributed by atoms with Gasteiger partial charge in [0.2, 0.25) is 0 Å². The number of methoxy groups -OCH3 is 1. The molecule has 2 heterocycles. The van der Waals surface area contributed by atoms with Crippen molar-refractivity contribution in [1.29, 1.82) is 0 Å². The van der Waals surface area contributed by atoms with Crippen LogP contribution in [0.15, 0.2) is 11.0 Å². The molecule has 1 aliphatic heterocycles. The Bertz CT molecular complexity index is 679. The van der Waals surface area contributed by atoms with Crippen LogP contribution in [0.1, 0.15) is 45.4 Å². The molecule has 23 heavy (non-hydrogen) atoms. The zero-order valence-electron chi connectivity index (χ0n) is 14.0. The summed E-state index contributed by atoms with van der Waals surface area (Å²) in [4.78, 5) is 26.0. The maximum absolute atomic E-state index is 11.9. The lowest BCUT2D eigenvalue weighted by molar-refractivity contribution is -0.139. The monoisotopic (exact) mass is 340 g/mol. The van der Waals surface area contributed by atoms with E-state index in [1.165, 1.54) is 7.11 Å². The van der Waals surface area contributed by atoms with E-state index in [0.29, 0.717) is 22.2 Å². The van der Waals surface area contributed by atoms with Crippen molar-refractivity contribution < 1.29 is 14.3 Å². The highest BCUT2D eigenvalue weighted by molar-refractivity contribution is 7.71. The SMILES string of the molecule is COC(=O)Cc1cn([C@H]2CCC(C(C)C(C)C)O2)c(=S)[nH]c1=O. The van der Waals surface area contributed by atoms with E-state index in [-0.39, 0.29) is 24.3 Å². The molecule has 7 heteroatoms. The molecule has 3 atom stereocenters. The van der Waals surface area contributed by atoms with E-state index in [1.807, 2.05) is 0 Å². The van der Waals surface area contributed by atoms with E-state index in [1.54, 1.807) is 10.8 Å². The Morgan fingerprint density at radius 2 is 2.17 bits per heavy atom. The van der Waals surface area contributed by atoms with Crippen LogP contribution < -0.4 is 5.56 Å². The minimum atomic E-state index is -0.460. The molecule has 2 rings (SSSR count). The van der Waals surface area contributed by atoms with Crippen LogP contribution >= 0.6 is 12.2 Å². The third-order valence-corrected chi connectivity index (χ3v) is 4.90. The van der Waals surface area contributed by atoms with Gasteiger partial charge in [-0.15, -0.1) is 0 Å². The molecule has 0 aromatic carbocycles. The van der Waals surface area contributed by atoms with E-state index < -0.39 is 5.97 Å². The lowest BCUT2D eigenvalue weighted by atomic mass is 9.91. The van der Waals surface area contributed by atoms with Crippen LogP contribution in [0.5, 0.6) is 0 Å². The van der Waals surface area contributed by atoms with Gasteiger partial charge in [0.15, 0.2) is 4.77 Å². The number of hydrogen-bond acceptors (Lipinski definition) is 5. The summed E-state index contributed by atoms with van der Waals surface area (Å²) >= 11 is 5.24. The highest BCUT2D eigenvalue weighted by Gasteiger charge is 2.32. The Hall–Kier alpha value is -1.47. The van der Waals surface area contributed by atoms with Crippen molar-refractivity contribution in [1.82, 2.24) is 9.55 Å². The standard InChI is InChI=1S/C16H24N2O4S/c1-9(2)10(3)12-5-6-13(22-12)18-8-11(7-14(19)21-4)15(20)17-16(18)23/h8-10,12-13H,5-7H2,1-4H3,(H,17,20,23)/t10?,12?,13-/m1/s1. The molecule has 0 saturated carbocycles.